The molecule has 0 aromatic carbocycles. The van der Waals surface area contributed by atoms with E-state index in [-0.39, 0.29) is 23.3 Å². The normalized spacial score (nSPS) is 35.6. The van der Waals surface area contributed by atoms with E-state index < -0.39 is 22.9 Å². The molecule has 2 fully saturated rings. The lowest BCUT2D eigenvalue weighted by molar-refractivity contribution is -0.189. The molecule has 0 bridgehead atoms. The number of nitrogens with zero attached hydrogens (tertiary/aromatic N) is 1. The molecule has 4 N–H and O–H groups in total. The Morgan fingerprint density at radius 1 is 1.33 bits per heavy atom. The maximum Gasteiger partial charge on any atom is 0.119 e. The first kappa shape index (κ1) is 20.6. The monoisotopic (exact) mass is 383 g/mol. The number of aromatic amines is 1. The summed E-state index contributed by atoms with van der Waals surface area (Å²) in [7, 11) is 0. The molecule has 2 aliphatic rings. The number of rotatable bonds is 6. The Morgan fingerprint density at radius 3 is 2.59 bits per heavy atom. The maximum absolute atomic E-state index is 10.9. The molecular formula is C19H31N2O6-. The van der Waals surface area contributed by atoms with Crippen LogP contribution in [0.1, 0.15) is 58.9 Å². The van der Waals surface area contributed by atoms with Crippen LogP contribution in [-0.4, -0.2) is 55.5 Å². The predicted octanol–water partition coefficient (Wildman–Crippen LogP) is 2.26. The van der Waals surface area contributed by atoms with E-state index >= 15 is 0 Å². The summed E-state index contributed by atoms with van der Waals surface area (Å²) in [5, 5.41) is 40.6. The van der Waals surface area contributed by atoms with Crippen molar-refractivity contribution in [2.45, 2.75) is 94.9 Å². The number of hydrogen-bond donors (Lipinski definition) is 4. The zero-order chi connectivity index (χ0) is 20.0. The highest BCUT2D eigenvalue weighted by Gasteiger charge is 2.53. The topological polar surface area (TPSA) is 121 Å². The molecule has 2 aliphatic heterocycles. The zero-order valence-corrected chi connectivity index (χ0v) is 16.4. The first-order valence-electron chi connectivity index (χ1n) is 9.52. The van der Waals surface area contributed by atoms with Gasteiger partial charge in [-0.3, -0.25) is 5.21 Å². The summed E-state index contributed by atoms with van der Waals surface area (Å²) in [6.07, 6.45) is 3.79. The third-order valence-corrected chi connectivity index (χ3v) is 6.17. The molecule has 2 saturated heterocycles. The number of H-pyrrole nitrogens is 1. The fourth-order valence-corrected chi connectivity index (χ4v) is 4.22. The van der Waals surface area contributed by atoms with E-state index in [2.05, 4.69) is 4.98 Å². The number of aliphatic hydroxyl groups excluding tert-OH is 1. The number of nitrogens with one attached hydrogen (secondary N) is 1. The molecule has 8 heteroatoms. The van der Waals surface area contributed by atoms with Gasteiger partial charge in [-0.25, -0.2) is 0 Å². The average Bonchev–Trinajstić information content (AvgIpc) is 3.26. The molecule has 1 aromatic heterocycles. The van der Waals surface area contributed by atoms with Crippen LogP contribution in [0.2, 0.25) is 0 Å². The molecule has 0 radical (unpaired) electrons. The summed E-state index contributed by atoms with van der Waals surface area (Å²) in [6.45, 7) is 7.42. The SMILES string of the molecule is CC(C)(O)[C@H]1CC[C@](C)([C@@H]2CC[C@](C)([C@@H](O)Cc3c[nH]c(N([O-])O)c3)O2)O1. The first-order chi connectivity index (χ1) is 12.4. The van der Waals surface area contributed by atoms with Crippen LogP contribution in [0.3, 0.4) is 0 Å². The van der Waals surface area contributed by atoms with E-state index in [0.717, 1.165) is 19.3 Å². The third kappa shape index (κ3) is 4.16. The van der Waals surface area contributed by atoms with Crippen molar-refractivity contribution in [2.24, 2.45) is 0 Å². The lowest BCUT2D eigenvalue weighted by Crippen LogP contribution is -2.47. The number of aliphatic hydroxyl groups is 2. The van der Waals surface area contributed by atoms with Gasteiger partial charge in [-0.05, 0) is 65.0 Å². The standard InChI is InChI=1S/C19H31N2O6/c1-17(2,23)14-5-8-19(4,26-14)15-6-7-18(3,27-15)13(22)9-12-10-16(20-11-12)21(24)25/h10-11,13-15,20,22-24H,5-9H2,1-4H3/q-1/t13-,14+,15-,18+,19+/m0/s1. The number of aromatic nitrogens is 1. The summed E-state index contributed by atoms with van der Waals surface area (Å²) < 4.78 is 12.5. The molecule has 1 aromatic rings. The van der Waals surface area contributed by atoms with Crippen LogP contribution in [0.5, 0.6) is 0 Å². The van der Waals surface area contributed by atoms with E-state index in [4.69, 9.17) is 14.7 Å². The summed E-state index contributed by atoms with van der Waals surface area (Å²) in [4.78, 5) is 2.66. The van der Waals surface area contributed by atoms with Crippen LogP contribution in [0.15, 0.2) is 12.3 Å². The molecule has 27 heavy (non-hydrogen) atoms. The second-order valence-corrected chi connectivity index (χ2v) is 8.96. The van der Waals surface area contributed by atoms with E-state index in [9.17, 15) is 15.4 Å². The first-order valence-corrected chi connectivity index (χ1v) is 9.52. The summed E-state index contributed by atoms with van der Waals surface area (Å²) >= 11 is 0. The Bertz CT molecular complexity index is 657. The Kier molecular flexibility index (Phi) is 5.35. The van der Waals surface area contributed by atoms with Gasteiger partial charge in [-0.2, -0.15) is 0 Å². The van der Waals surface area contributed by atoms with Gasteiger partial charge in [0.25, 0.3) is 0 Å². The second-order valence-electron chi connectivity index (χ2n) is 8.96. The Morgan fingerprint density at radius 2 is 2.04 bits per heavy atom. The average molecular weight is 383 g/mol. The fraction of sp³-hybridized carbons (Fsp3) is 0.789. The van der Waals surface area contributed by atoms with Crippen LogP contribution in [-0.2, 0) is 15.9 Å². The van der Waals surface area contributed by atoms with Crippen LogP contribution in [0.4, 0.5) is 5.82 Å². The van der Waals surface area contributed by atoms with Crippen molar-refractivity contribution in [2.75, 3.05) is 5.23 Å². The maximum atomic E-state index is 10.9. The van der Waals surface area contributed by atoms with Crippen molar-refractivity contribution in [3.05, 3.63) is 23.0 Å². The lowest BCUT2D eigenvalue weighted by atomic mass is 9.89. The van der Waals surface area contributed by atoms with Crippen LogP contribution < -0.4 is 5.23 Å². The molecule has 0 amide bonds. The van der Waals surface area contributed by atoms with Gasteiger partial charge in [0.15, 0.2) is 0 Å². The minimum atomic E-state index is -0.896. The Hall–Kier alpha value is -1.16. The van der Waals surface area contributed by atoms with E-state index in [0.29, 0.717) is 18.4 Å². The van der Waals surface area contributed by atoms with Crippen LogP contribution in [0.25, 0.3) is 0 Å². The molecule has 0 aliphatic carbocycles. The van der Waals surface area contributed by atoms with E-state index in [1.54, 1.807) is 20.0 Å². The third-order valence-electron chi connectivity index (χ3n) is 6.17. The Balaban J connectivity index is 1.63. The van der Waals surface area contributed by atoms with Gasteiger partial charge in [0.2, 0.25) is 0 Å². The van der Waals surface area contributed by atoms with Crippen LogP contribution >= 0.6 is 0 Å². The van der Waals surface area contributed by atoms with Gasteiger partial charge >= 0.3 is 0 Å². The molecule has 0 saturated carbocycles. The van der Waals surface area contributed by atoms with Crippen molar-refractivity contribution < 1.29 is 24.9 Å². The molecule has 5 atom stereocenters. The quantitative estimate of drug-likeness (QED) is 0.556. The van der Waals surface area contributed by atoms with Gasteiger partial charge in [0.1, 0.15) is 5.82 Å². The molecule has 8 nitrogen and oxygen atoms in total. The van der Waals surface area contributed by atoms with Crippen LogP contribution in [0, 0.1) is 5.21 Å². The highest BCUT2D eigenvalue weighted by molar-refractivity contribution is 5.40. The second kappa shape index (κ2) is 7.02. The summed E-state index contributed by atoms with van der Waals surface area (Å²) in [6, 6.07) is 1.50. The largest absolute Gasteiger partial charge is 0.732 e. The fourth-order valence-electron chi connectivity index (χ4n) is 4.22. The highest BCUT2D eigenvalue weighted by atomic mass is 16.8. The van der Waals surface area contributed by atoms with Gasteiger partial charge in [0, 0.05) is 12.6 Å². The summed E-state index contributed by atoms with van der Waals surface area (Å²) in [5.74, 6) is 0.0251. The molecule has 154 valence electrons. The predicted molar refractivity (Wildman–Crippen MR) is 99.5 cm³/mol. The van der Waals surface area contributed by atoms with Crippen molar-refractivity contribution in [1.29, 1.82) is 0 Å². The molecule has 3 rings (SSSR count). The molecule has 0 unspecified atom stereocenters. The molecule has 3 heterocycles. The minimum Gasteiger partial charge on any atom is -0.732 e. The molecular weight excluding hydrogens is 352 g/mol. The zero-order valence-electron chi connectivity index (χ0n) is 16.4. The Labute approximate surface area is 159 Å². The summed E-state index contributed by atoms with van der Waals surface area (Å²) in [5.41, 5.74) is -1.39. The van der Waals surface area contributed by atoms with Gasteiger partial charge in [0.05, 0.1) is 35.1 Å². The number of ether oxygens (including phenoxy) is 2. The minimum absolute atomic E-state index is 0.0251. The van der Waals surface area contributed by atoms with Crippen molar-refractivity contribution in [1.82, 2.24) is 4.98 Å². The smallest absolute Gasteiger partial charge is 0.119 e. The lowest BCUT2D eigenvalue weighted by Gasteiger charge is -2.37. The van der Waals surface area contributed by atoms with E-state index in [1.807, 2.05) is 13.8 Å². The van der Waals surface area contributed by atoms with Gasteiger partial charge < -0.3 is 35.1 Å². The number of anilines is 1. The van der Waals surface area contributed by atoms with E-state index in [1.165, 1.54) is 6.07 Å². The van der Waals surface area contributed by atoms with Crippen molar-refractivity contribution in [3.63, 3.8) is 0 Å². The van der Waals surface area contributed by atoms with Crippen molar-refractivity contribution in [3.8, 4) is 0 Å². The van der Waals surface area contributed by atoms with Gasteiger partial charge in [-0.15, -0.1) is 0 Å². The number of hydrogen-bond acceptors (Lipinski definition) is 7. The van der Waals surface area contributed by atoms with Crippen molar-refractivity contribution >= 4 is 5.82 Å². The molecule has 0 spiro atoms. The van der Waals surface area contributed by atoms with Gasteiger partial charge in [-0.1, -0.05) is 0 Å². The highest BCUT2D eigenvalue weighted by Crippen LogP contribution is 2.46.